The van der Waals surface area contributed by atoms with Gasteiger partial charge < -0.3 is 9.88 Å². The van der Waals surface area contributed by atoms with Crippen LogP contribution in [0.1, 0.15) is 5.56 Å². The lowest BCUT2D eigenvalue weighted by molar-refractivity contribution is 0.874. The molecule has 0 radical (unpaired) electrons. The van der Waals surface area contributed by atoms with E-state index in [1.807, 2.05) is 18.4 Å². The van der Waals surface area contributed by atoms with Crippen molar-refractivity contribution in [3.05, 3.63) is 45.0 Å². The van der Waals surface area contributed by atoms with Gasteiger partial charge in [-0.05, 0) is 24.6 Å². The average Bonchev–Trinajstić information content (AvgIpc) is 2.82. The van der Waals surface area contributed by atoms with Gasteiger partial charge in [-0.2, -0.15) is 0 Å². The van der Waals surface area contributed by atoms with Gasteiger partial charge >= 0.3 is 0 Å². The maximum absolute atomic E-state index is 12.2. The number of thiophene rings is 1. The van der Waals surface area contributed by atoms with Crippen molar-refractivity contribution < 1.29 is 0 Å². The first kappa shape index (κ1) is 13.1. The number of nitrogens with zero attached hydrogens (tertiary/aromatic N) is 3. The van der Waals surface area contributed by atoms with Crippen LogP contribution in [0.25, 0.3) is 10.1 Å². The number of aromatic nitrogens is 3. The molecule has 0 aliphatic rings. The molecule has 0 atom stereocenters. The Balaban J connectivity index is 2.14. The highest BCUT2D eigenvalue weighted by Gasteiger charge is 2.11. The van der Waals surface area contributed by atoms with Crippen LogP contribution in [0.4, 0.5) is 11.5 Å². The summed E-state index contributed by atoms with van der Waals surface area (Å²) in [6, 6.07) is 1.92. The lowest BCUT2D eigenvalue weighted by atomic mass is 10.3. The summed E-state index contributed by atoms with van der Waals surface area (Å²) in [5, 5.41) is 5.90. The van der Waals surface area contributed by atoms with E-state index in [4.69, 9.17) is 11.6 Å². The maximum atomic E-state index is 12.2. The van der Waals surface area contributed by atoms with Gasteiger partial charge in [-0.25, -0.2) is 9.97 Å². The summed E-state index contributed by atoms with van der Waals surface area (Å²) in [5.74, 6) is 0.607. The van der Waals surface area contributed by atoms with Crippen molar-refractivity contribution in [1.29, 1.82) is 0 Å². The molecule has 0 saturated heterocycles. The van der Waals surface area contributed by atoms with E-state index in [1.165, 1.54) is 11.3 Å². The molecule has 0 aliphatic carbocycles. The fourth-order valence-electron chi connectivity index (χ4n) is 1.91. The lowest BCUT2D eigenvalue weighted by Crippen LogP contribution is -2.15. The zero-order chi connectivity index (χ0) is 14.3. The summed E-state index contributed by atoms with van der Waals surface area (Å²) >= 11 is 7.32. The third-order valence-corrected chi connectivity index (χ3v) is 4.13. The first-order valence-corrected chi connectivity index (χ1v) is 7.15. The third kappa shape index (κ3) is 2.17. The van der Waals surface area contributed by atoms with Crippen molar-refractivity contribution in [2.24, 2.45) is 7.05 Å². The van der Waals surface area contributed by atoms with Crippen molar-refractivity contribution in [1.82, 2.24) is 14.5 Å². The second-order valence-corrected chi connectivity index (χ2v) is 5.67. The Kier molecular flexibility index (Phi) is 3.19. The Hall–Kier alpha value is -1.92. The molecule has 0 aliphatic heterocycles. The Labute approximate surface area is 123 Å². The first-order valence-electron chi connectivity index (χ1n) is 5.89. The molecule has 7 heteroatoms. The molecule has 3 heterocycles. The number of rotatable bonds is 2. The van der Waals surface area contributed by atoms with E-state index >= 15 is 0 Å². The van der Waals surface area contributed by atoms with Crippen LogP contribution in [0.5, 0.6) is 0 Å². The van der Waals surface area contributed by atoms with Crippen LogP contribution in [-0.2, 0) is 7.05 Å². The van der Waals surface area contributed by atoms with Gasteiger partial charge in [0.05, 0.1) is 11.1 Å². The Morgan fingerprint density at radius 2 is 2.25 bits per heavy atom. The normalized spacial score (nSPS) is 10.9. The molecule has 0 fully saturated rings. The van der Waals surface area contributed by atoms with E-state index in [2.05, 4.69) is 15.3 Å². The topological polar surface area (TPSA) is 59.8 Å². The average molecular weight is 307 g/mol. The molecule has 1 N–H and O–H groups in total. The Morgan fingerprint density at radius 3 is 3.05 bits per heavy atom. The smallest absolute Gasteiger partial charge is 0.261 e. The lowest BCUT2D eigenvalue weighted by Gasteiger charge is -2.07. The SMILES string of the molecule is Cc1cnc(Cl)nc1Nc1csc2ccn(C)c(=O)c12. The van der Waals surface area contributed by atoms with Crippen molar-refractivity contribution in [2.75, 3.05) is 5.32 Å². The predicted molar refractivity (Wildman–Crippen MR) is 82.1 cm³/mol. The Bertz CT molecular complexity index is 855. The fraction of sp³-hybridized carbons (Fsp3) is 0.154. The molecule has 3 rings (SSSR count). The van der Waals surface area contributed by atoms with Crippen LogP contribution in [0, 0.1) is 6.92 Å². The van der Waals surface area contributed by atoms with Crippen LogP contribution in [0.15, 0.2) is 28.6 Å². The van der Waals surface area contributed by atoms with Crippen LogP contribution < -0.4 is 10.9 Å². The minimum Gasteiger partial charge on any atom is -0.339 e. The number of halogens is 1. The van der Waals surface area contributed by atoms with Gasteiger partial charge in [0.1, 0.15) is 5.82 Å². The van der Waals surface area contributed by atoms with E-state index < -0.39 is 0 Å². The van der Waals surface area contributed by atoms with E-state index in [-0.39, 0.29) is 10.8 Å². The largest absolute Gasteiger partial charge is 0.339 e. The highest BCUT2D eigenvalue weighted by molar-refractivity contribution is 7.17. The third-order valence-electron chi connectivity index (χ3n) is 3.00. The van der Waals surface area contributed by atoms with Crippen molar-refractivity contribution in [3.63, 3.8) is 0 Å². The summed E-state index contributed by atoms with van der Waals surface area (Å²) in [5.41, 5.74) is 1.56. The fourth-order valence-corrected chi connectivity index (χ4v) is 2.92. The first-order chi connectivity index (χ1) is 9.56. The Morgan fingerprint density at radius 1 is 1.45 bits per heavy atom. The monoisotopic (exact) mass is 306 g/mol. The van der Waals surface area contributed by atoms with Crippen LogP contribution in [-0.4, -0.2) is 14.5 Å². The quantitative estimate of drug-likeness (QED) is 0.739. The maximum Gasteiger partial charge on any atom is 0.261 e. The summed E-state index contributed by atoms with van der Waals surface area (Å²) in [6.07, 6.45) is 3.40. The van der Waals surface area contributed by atoms with Gasteiger partial charge in [-0.3, -0.25) is 4.79 Å². The van der Waals surface area contributed by atoms with Crippen molar-refractivity contribution in [2.45, 2.75) is 6.92 Å². The van der Waals surface area contributed by atoms with Gasteiger partial charge in [-0.1, -0.05) is 0 Å². The minimum absolute atomic E-state index is 0.0379. The van der Waals surface area contributed by atoms with Crippen molar-refractivity contribution >= 4 is 44.5 Å². The molecule has 102 valence electrons. The van der Waals surface area contributed by atoms with Gasteiger partial charge in [0, 0.05) is 35.1 Å². The highest BCUT2D eigenvalue weighted by atomic mass is 35.5. The van der Waals surface area contributed by atoms with Crippen LogP contribution >= 0.6 is 22.9 Å². The van der Waals surface area contributed by atoms with Gasteiger partial charge in [-0.15, -0.1) is 11.3 Å². The zero-order valence-corrected chi connectivity index (χ0v) is 12.4. The highest BCUT2D eigenvalue weighted by Crippen LogP contribution is 2.30. The standard InChI is InChI=1S/C13H11ClN4OS/c1-7-5-15-13(14)17-11(7)16-8-6-20-9-3-4-18(2)12(19)10(8)9/h3-6H,1-2H3,(H,15,16,17). The summed E-state index contributed by atoms with van der Waals surface area (Å²) in [7, 11) is 1.73. The minimum atomic E-state index is -0.0379. The molecule has 0 aromatic carbocycles. The second-order valence-electron chi connectivity index (χ2n) is 4.42. The number of fused-ring (bicyclic) bond motifs is 1. The van der Waals surface area contributed by atoms with Crippen LogP contribution in [0.3, 0.4) is 0 Å². The number of pyridine rings is 1. The molecule has 3 aromatic heterocycles. The number of aryl methyl sites for hydroxylation is 2. The summed E-state index contributed by atoms with van der Waals surface area (Å²) in [4.78, 5) is 20.3. The number of nitrogens with one attached hydrogen (secondary N) is 1. The van der Waals surface area contributed by atoms with Gasteiger partial charge in [0.25, 0.3) is 5.56 Å². The molecule has 0 spiro atoms. The molecule has 5 nitrogen and oxygen atoms in total. The number of anilines is 2. The summed E-state index contributed by atoms with van der Waals surface area (Å²) < 4.78 is 2.49. The van der Waals surface area contributed by atoms with E-state index in [9.17, 15) is 4.79 Å². The van der Waals surface area contributed by atoms with Crippen LogP contribution in [0.2, 0.25) is 5.28 Å². The molecule has 0 unspecified atom stereocenters. The molecule has 3 aromatic rings. The summed E-state index contributed by atoms with van der Waals surface area (Å²) in [6.45, 7) is 1.88. The predicted octanol–water partition coefficient (Wildman–Crippen LogP) is 3.10. The molecular formula is C13H11ClN4OS. The molecule has 0 amide bonds. The van der Waals surface area contributed by atoms with E-state index in [1.54, 1.807) is 24.0 Å². The van der Waals surface area contributed by atoms with E-state index in [0.29, 0.717) is 11.2 Å². The van der Waals surface area contributed by atoms with Gasteiger partial charge in [0.2, 0.25) is 5.28 Å². The molecule has 20 heavy (non-hydrogen) atoms. The molecule has 0 bridgehead atoms. The zero-order valence-electron chi connectivity index (χ0n) is 10.8. The van der Waals surface area contributed by atoms with Crippen molar-refractivity contribution in [3.8, 4) is 0 Å². The number of hydrogen-bond acceptors (Lipinski definition) is 5. The number of hydrogen-bond donors (Lipinski definition) is 1. The second kappa shape index (κ2) is 4.88. The molecular weight excluding hydrogens is 296 g/mol. The van der Waals surface area contributed by atoms with E-state index in [0.717, 1.165) is 16.0 Å². The molecule has 0 saturated carbocycles. The van der Waals surface area contributed by atoms with Gasteiger partial charge in [0.15, 0.2) is 0 Å².